The van der Waals surface area contributed by atoms with E-state index in [1.54, 1.807) is 24.3 Å². The fourth-order valence-corrected chi connectivity index (χ4v) is 1.79. The third-order valence-corrected chi connectivity index (χ3v) is 2.78. The quantitative estimate of drug-likeness (QED) is 0.881. The Morgan fingerprint density at radius 2 is 1.71 bits per heavy atom. The van der Waals surface area contributed by atoms with Crippen molar-refractivity contribution in [3.05, 3.63) is 65.2 Å². The Balaban J connectivity index is 2.24. The molecular weight excluding hydrogens is 283 g/mol. The fourth-order valence-electron chi connectivity index (χ4n) is 1.79. The Morgan fingerprint density at radius 3 is 2.29 bits per heavy atom. The number of hydrogen-bond donors (Lipinski definition) is 1. The smallest absolute Gasteiger partial charge is 0.406 e. The van der Waals surface area contributed by atoms with Gasteiger partial charge in [0.05, 0.1) is 0 Å². The summed E-state index contributed by atoms with van der Waals surface area (Å²) in [6, 6.07) is 11.5. The summed E-state index contributed by atoms with van der Waals surface area (Å²) < 4.78 is 40.3. The molecule has 21 heavy (non-hydrogen) atoms. The molecule has 2 aromatic rings. The number of carbonyl (C=O) groups is 1. The van der Waals surface area contributed by atoms with E-state index < -0.39 is 12.1 Å². The molecule has 0 aliphatic rings. The third kappa shape index (κ3) is 4.06. The largest absolute Gasteiger partial charge is 0.573 e. The minimum absolute atomic E-state index is 0.122. The van der Waals surface area contributed by atoms with Crippen LogP contribution in [0.4, 0.5) is 13.2 Å². The van der Waals surface area contributed by atoms with Crippen LogP contribution in [-0.2, 0) is 6.54 Å². The third-order valence-electron chi connectivity index (χ3n) is 2.78. The van der Waals surface area contributed by atoms with Crippen LogP contribution < -0.4 is 10.5 Å². The van der Waals surface area contributed by atoms with Crippen LogP contribution in [0.2, 0.25) is 0 Å². The van der Waals surface area contributed by atoms with Gasteiger partial charge < -0.3 is 10.5 Å². The van der Waals surface area contributed by atoms with Crippen molar-refractivity contribution in [2.75, 3.05) is 0 Å². The molecule has 0 unspecified atom stereocenters. The second kappa shape index (κ2) is 5.97. The molecule has 0 bridgehead atoms. The summed E-state index contributed by atoms with van der Waals surface area (Å²) in [4.78, 5) is 12.2. The average molecular weight is 295 g/mol. The summed E-state index contributed by atoms with van der Waals surface area (Å²) in [5.74, 6) is -0.807. The van der Waals surface area contributed by atoms with Crippen molar-refractivity contribution >= 4 is 5.78 Å². The molecule has 0 aromatic heterocycles. The minimum Gasteiger partial charge on any atom is -0.406 e. The number of carbonyl (C=O) groups excluding carboxylic acids is 1. The fraction of sp³-hybridized carbons (Fsp3) is 0.133. The molecule has 0 aliphatic heterocycles. The first-order valence-corrected chi connectivity index (χ1v) is 6.08. The molecule has 0 heterocycles. The van der Waals surface area contributed by atoms with Crippen LogP contribution in [0.5, 0.6) is 5.75 Å². The Morgan fingerprint density at radius 1 is 1.05 bits per heavy atom. The number of hydrogen-bond acceptors (Lipinski definition) is 3. The van der Waals surface area contributed by atoms with E-state index in [1.165, 1.54) is 12.1 Å². The highest BCUT2D eigenvalue weighted by atomic mass is 19.4. The predicted octanol–water partition coefficient (Wildman–Crippen LogP) is 3.27. The van der Waals surface area contributed by atoms with Gasteiger partial charge in [0.2, 0.25) is 0 Å². The standard InChI is InChI=1S/C15H12F3NO2/c16-15(17,18)21-13-3-1-2-12(8-13)14(20)11-6-4-10(9-19)5-7-11/h1-8H,9,19H2. The highest BCUT2D eigenvalue weighted by molar-refractivity contribution is 6.09. The van der Waals surface area contributed by atoms with Crippen LogP contribution in [0.25, 0.3) is 0 Å². The van der Waals surface area contributed by atoms with Crippen molar-refractivity contribution in [2.24, 2.45) is 5.73 Å². The first-order chi connectivity index (χ1) is 9.89. The summed E-state index contributed by atoms with van der Waals surface area (Å²) in [7, 11) is 0. The number of alkyl halides is 3. The number of halogens is 3. The zero-order valence-electron chi connectivity index (χ0n) is 10.9. The molecule has 6 heteroatoms. The minimum atomic E-state index is -4.79. The zero-order chi connectivity index (χ0) is 15.5. The summed E-state index contributed by atoms with van der Waals surface area (Å²) >= 11 is 0. The van der Waals surface area contributed by atoms with E-state index in [0.29, 0.717) is 12.1 Å². The van der Waals surface area contributed by atoms with E-state index in [-0.39, 0.29) is 11.3 Å². The molecule has 3 nitrogen and oxygen atoms in total. The average Bonchev–Trinajstić information content (AvgIpc) is 2.45. The van der Waals surface area contributed by atoms with Gasteiger partial charge in [0.1, 0.15) is 5.75 Å². The van der Waals surface area contributed by atoms with Gasteiger partial charge in [-0.05, 0) is 17.7 Å². The van der Waals surface area contributed by atoms with Crippen molar-refractivity contribution in [1.29, 1.82) is 0 Å². The Bertz CT molecular complexity index is 636. The van der Waals surface area contributed by atoms with Gasteiger partial charge in [0.15, 0.2) is 5.78 Å². The molecule has 0 saturated carbocycles. The Hall–Kier alpha value is -2.34. The highest BCUT2D eigenvalue weighted by Gasteiger charge is 2.31. The van der Waals surface area contributed by atoms with E-state index >= 15 is 0 Å². The van der Waals surface area contributed by atoms with Crippen LogP contribution in [0, 0.1) is 0 Å². The molecular formula is C15H12F3NO2. The van der Waals surface area contributed by atoms with Crippen LogP contribution in [0.1, 0.15) is 21.5 Å². The van der Waals surface area contributed by atoms with Crippen LogP contribution in [-0.4, -0.2) is 12.1 Å². The normalized spacial score (nSPS) is 11.2. The molecule has 0 radical (unpaired) electrons. The molecule has 2 rings (SSSR count). The van der Waals surface area contributed by atoms with Gasteiger partial charge in [-0.15, -0.1) is 13.2 Å². The van der Waals surface area contributed by atoms with Gasteiger partial charge in [0.25, 0.3) is 0 Å². The Labute approximate surface area is 119 Å². The maximum absolute atomic E-state index is 12.2. The SMILES string of the molecule is NCc1ccc(C(=O)c2cccc(OC(F)(F)F)c2)cc1. The monoisotopic (exact) mass is 295 g/mol. The van der Waals surface area contributed by atoms with Crippen molar-refractivity contribution in [3.63, 3.8) is 0 Å². The van der Waals surface area contributed by atoms with Gasteiger partial charge in [-0.1, -0.05) is 36.4 Å². The number of nitrogens with two attached hydrogens (primary N) is 1. The topological polar surface area (TPSA) is 52.3 Å². The molecule has 0 amide bonds. The molecule has 0 atom stereocenters. The zero-order valence-corrected chi connectivity index (χ0v) is 10.9. The number of ketones is 1. The van der Waals surface area contributed by atoms with Gasteiger partial charge in [-0.2, -0.15) is 0 Å². The summed E-state index contributed by atoms with van der Waals surface area (Å²) in [6.45, 7) is 0.351. The van der Waals surface area contributed by atoms with Crippen LogP contribution in [0.3, 0.4) is 0 Å². The maximum atomic E-state index is 12.2. The van der Waals surface area contributed by atoms with E-state index in [4.69, 9.17) is 5.73 Å². The van der Waals surface area contributed by atoms with E-state index in [1.807, 2.05) is 0 Å². The Kier molecular flexibility index (Phi) is 4.28. The van der Waals surface area contributed by atoms with Crippen molar-refractivity contribution < 1.29 is 22.7 Å². The van der Waals surface area contributed by atoms with E-state index in [2.05, 4.69) is 4.74 Å². The maximum Gasteiger partial charge on any atom is 0.573 e. The van der Waals surface area contributed by atoms with Crippen molar-refractivity contribution in [2.45, 2.75) is 12.9 Å². The van der Waals surface area contributed by atoms with Crippen LogP contribution in [0.15, 0.2) is 48.5 Å². The number of rotatable bonds is 4. The highest BCUT2D eigenvalue weighted by Crippen LogP contribution is 2.24. The summed E-state index contributed by atoms with van der Waals surface area (Å²) in [6.07, 6.45) is -4.79. The van der Waals surface area contributed by atoms with Gasteiger partial charge in [0, 0.05) is 17.7 Å². The molecule has 2 aromatic carbocycles. The lowest BCUT2D eigenvalue weighted by molar-refractivity contribution is -0.274. The van der Waals surface area contributed by atoms with Crippen molar-refractivity contribution in [1.82, 2.24) is 0 Å². The first kappa shape index (κ1) is 15.1. The van der Waals surface area contributed by atoms with Gasteiger partial charge in [-0.25, -0.2) is 0 Å². The van der Waals surface area contributed by atoms with E-state index in [9.17, 15) is 18.0 Å². The van der Waals surface area contributed by atoms with Gasteiger partial charge in [-0.3, -0.25) is 4.79 Å². The van der Waals surface area contributed by atoms with Crippen LogP contribution >= 0.6 is 0 Å². The lowest BCUT2D eigenvalue weighted by atomic mass is 10.0. The summed E-state index contributed by atoms with van der Waals surface area (Å²) in [5.41, 5.74) is 6.81. The van der Waals surface area contributed by atoms with E-state index in [0.717, 1.165) is 17.7 Å². The lowest BCUT2D eigenvalue weighted by Gasteiger charge is -2.09. The molecule has 0 spiro atoms. The first-order valence-electron chi connectivity index (χ1n) is 6.08. The molecule has 0 aliphatic carbocycles. The van der Waals surface area contributed by atoms with Gasteiger partial charge >= 0.3 is 6.36 Å². The summed E-state index contributed by atoms with van der Waals surface area (Å²) in [5, 5.41) is 0. The molecule has 110 valence electrons. The second-order valence-electron chi connectivity index (χ2n) is 4.31. The number of benzene rings is 2. The number of ether oxygens (including phenoxy) is 1. The van der Waals surface area contributed by atoms with Crippen molar-refractivity contribution in [3.8, 4) is 5.75 Å². The second-order valence-corrected chi connectivity index (χ2v) is 4.31. The predicted molar refractivity (Wildman–Crippen MR) is 70.9 cm³/mol. The molecule has 0 fully saturated rings. The molecule has 2 N–H and O–H groups in total. The lowest BCUT2D eigenvalue weighted by Crippen LogP contribution is -2.17. The molecule has 0 saturated heterocycles.